The molecular formula is C20H30N2O4S. The standard InChI is InChI=1S/C20H30N2O4S/c1-14-5-4-6-18(11-14)21-20(23)17-7-9-19(10-8-17)27(24,25)22-12-15(2)26-16(3)13-22/h7-10,14-16,18H,4-6,11-13H2,1-3H3,(H,21,23). The number of benzene rings is 1. The molecule has 1 N–H and O–H groups in total. The number of hydrogen-bond donors (Lipinski definition) is 1. The summed E-state index contributed by atoms with van der Waals surface area (Å²) in [5.41, 5.74) is 0.496. The van der Waals surface area contributed by atoms with Crippen molar-refractivity contribution in [2.24, 2.45) is 5.92 Å². The van der Waals surface area contributed by atoms with Crippen LogP contribution in [-0.2, 0) is 14.8 Å². The van der Waals surface area contributed by atoms with E-state index in [2.05, 4.69) is 12.2 Å². The molecule has 1 aliphatic heterocycles. The van der Waals surface area contributed by atoms with Gasteiger partial charge in [0.15, 0.2) is 0 Å². The average Bonchev–Trinajstić information content (AvgIpc) is 2.61. The zero-order valence-corrected chi connectivity index (χ0v) is 17.2. The summed E-state index contributed by atoms with van der Waals surface area (Å²) in [7, 11) is -3.58. The molecule has 1 aromatic carbocycles. The molecule has 1 saturated heterocycles. The van der Waals surface area contributed by atoms with Crippen LogP contribution in [-0.4, -0.2) is 50.0 Å². The van der Waals surface area contributed by atoms with E-state index >= 15 is 0 Å². The number of carbonyl (C=O) groups is 1. The van der Waals surface area contributed by atoms with Gasteiger partial charge in [0.1, 0.15) is 0 Å². The van der Waals surface area contributed by atoms with Gasteiger partial charge >= 0.3 is 0 Å². The normalized spacial score (nSPS) is 30.0. The fraction of sp³-hybridized carbons (Fsp3) is 0.650. The lowest BCUT2D eigenvalue weighted by molar-refractivity contribution is -0.0440. The van der Waals surface area contributed by atoms with Gasteiger partial charge in [-0.25, -0.2) is 8.42 Å². The van der Waals surface area contributed by atoms with Crippen molar-refractivity contribution in [3.63, 3.8) is 0 Å². The highest BCUT2D eigenvalue weighted by Crippen LogP contribution is 2.24. The van der Waals surface area contributed by atoms with Crippen LogP contribution >= 0.6 is 0 Å². The molecule has 2 aliphatic rings. The monoisotopic (exact) mass is 394 g/mol. The van der Waals surface area contributed by atoms with Crippen LogP contribution in [0.5, 0.6) is 0 Å². The second-order valence-electron chi connectivity index (χ2n) is 8.05. The van der Waals surface area contributed by atoms with Crippen molar-refractivity contribution in [1.82, 2.24) is 9.62 Å². The Hall–Kier alpha value is -1.44. The highest BCUT2D eigenvalue weighted by Gasteiger charge is 2.32. The summed E-state index contributed by atoms with van der Waals surface area (Å²) < 4.78 is 32.8. The number of hydrogen-bond acceptors (Lipinski definition) is 4. The Bertz CT molecular complexity index is 753. The SMILES string of the molecule is CC1CCCC(NC(=O)c2ccc(S(=O)(=O)N3CC(C)OC(C)C3)cc2)C1. The number of sulfonamides is 1. The van der Waals surface area contributed by atoms with E-state index in [1.165, 1.54) is 22.9 Å². The van der Waals surface area contributed by atoms with E-state index in [9.17, 15) is 13.2 Å². The Kier molecular flexibility index (Phi) is 6.23. The van der Waals surface area contributed by atoms with Gasteiger partial charge in [0, 0.05) is 24.7 Å². The third-order valence-electron chi connectivity index (χ3n) is 5.41. The Morgan fingerprint density at radius 1 is 1.07 bits per heavy atom. The minimum Gasteiger partial charge on any atom is -0.373 e. The molecule has 0 spiro atoms. The number of carbonyl (C=O) groups excluding carboxylic acids is 1. The molecule has 0 bridgehead atoms. The molecule has 1 aliphatic carbocycles. The van der Waals surface area contributed by atoms with Crippen molar-refractivity contribution < 1.29 is 17.9 Å². The molecule has 150 valence electrons. The van der Waals surface area contributed by atoms with Gasteiger partial charge < -0.3 is 10.1 Å². The second-order valence-corrected chi connectivity index (χ2v) is 9.98. The maximum Gasteiger partial charge on any atom is 0.251 e. The van der Waals surface area contributed by atoms with Gasteiger partial charge in [-0.1, -0.05) is 19.8 Å². The summed E-state index contributed by atoms with van der Waals surface area (Å²) in [6.45, 7) is 6.64. The molecule has 6 nitrogen and oxygen atoms in total. The maximum atomic E-state index is 12.9. The van der Waals surface area contributed by atoms with Crippen LogP contribution in [0.2, 0.25) is 0 Å². The molecule has 0 radical (unpaired) electrons. The Labute approximate surface area is 162 Å². The lowest BCUT2D eigenvalue weighted by Crippen LogP contribution is -2.48. The fourth-order valence-corrected chi connectivity index (χ4v) is 5.68. The molecule has 4 atom stereocenters. The minimum absolute atomic E-state index is 0.133. The molecule has 0 aromatic heterocycles. The number of nitrogens with zero attached hydrogens (tertiary/aromatic N) is 1. The first kappa shape index (κ1) is 20.3. The molecule has 1 amide bonds. The van der Waals surface area contributed by atoms with Gasteiger partial charge in [-0.05, 0) is 56.9 Å². The molecule has 1 aromatic rings. The number of amides is 1. The summed E-state index contributed by atoms with van der Waals surface area (Å²) in [5, 5.41) is 3.08. The van der Waals surface area contributed by atoms with E-state index in [1.54, 1.807) is 12.1 Å². The first-order valence-corrected chi connectivity index (χ1v) is 11.3. The van der Waals surface area contributed by atoms with Gasteiger partial charge in [0.05, 0.1) is 17.1 Å². The van der Waals surface area contributed by atoms with Crippen LogP contribution in [0.15, 0.2) is 29.2 Å². The van der Waals surface area contributed by atoms with Crippen molar-refractivity contribution >= 4 is 15.9 Å². The quantitative estimate of drug-likeness (QED) is 0.852. The first-order valence-electron chi connectivity index (χ1n) is 9.82. The molecule has 7 heteroatoms. The Balaban J connectivity index is 1.68. The molecule has 4 unspecified atom stereocenters. The smallest absolute Gasteiger partial charge is 0.251 e. The Morgan fingerprint density at radius 2 is 1.70 bits per heavy atom. The van der Waals surface area contributed by atoms with Crippen molar-refractivity contribution in [2.75, 3.05) is 13.1 Å². The van der Waals surface area contributed by atoms with Gasteiger partial charge in [-0.2, -0.15) is 4.31 Å². The number of rotatable bonds is 4. The van der Waals surface area contributed by atoms with E-state index in [0.29, 0.717) is 24.6 Å². The second kappa shape index (κ2) is 8.29. The van der Waals surface area contributed by atoms with Crippen LogP contribution in [0.25, 0.3) is 0 Å². The molecule has 27 heavy (non-hydrogen) atoms. The fourth-order valence-electron chi connectivity index (χ4n) is 4.09. The topological polar surface area (TPSA) is 75.7 Å². The lowest BCUT2D eigenvalue weighted by Gasteiger charge is -2.34. The van der Waals surface area contributed by atoms with E-state index in [4.69, 9.17) is 4.74 Å². The van der Waals surface area contributed by atoms with Crippen LogP contribution in [0, 0.1) is 5.92 Å². The third kappa shape index (κ3) is 4.89. The van der Waals surface area contributed by atoms with E-state index < -0.39 is 10.0 Å². The van der Waals surface area contributed by atoms with Crippen molar-refractivity contribution in [3.8, 4) is 0 Å². The van der Waals surface area contributed by atoms with Gasteiger partial charge in [0.2, 0.25) is 10.0 Å². The molecule has 3 rings (SSSR count). The van der Waals surface area contributed by atoms with Crippen molar-refractivity contribution in [1.29, 1.82) is 0 Å². The van der Waals surface area contributed by atoms with E-state index in [-0.39, 0.29) is 29.1 Å². The van der Waals surface area contributed by atoms with Crippen LogP contribution in [0.1, 0.15) is 56.8 Å². The predicted molar refractivity (Wildman–Crippen MR) is 104 cm³/mol. The lowest BCUT2D eigenvalue weighted by atomic mass is 9.87. The minimum atomic E-state index is -3.58. The summed E-state index contributed by atoms with van der Waals surface area (Å²) in [5.74, 6) is 0.501. The van der Waals surface area contributed by atoms with E-state index in [1.807, 2.05) is 13.8 Å². The number of nitrogens with one attached hydrogen (secondary N) is 1. The van der Waals surface area contributed by atoms with Gasteiger partial charge in [-0.3, -0.25) is 4.79 Å². The van der Waals surface area contributed by atoms with Crippen LogP contribution < -0.4 is 5.32 Å². The first-order chi connectivity index (χ1) is 12.8. The number of morpholine rings is 1. The summed E-state index contributed by atoms with van der Waals surface area (Å²) >= 11 is 0. The molecule has 2 fully saturated rings. The summed E-state index contributed by atoms with van der Waals surface area (Å²) in [6, 6.07) is 6.46. The van der Waals surface area contributed by atoms with Crippen molar-refractivity contribution in [2.45, 2.75) is 69.6 Å². The van der Waals surface area contributed by atoms with E-state index in [0.717, 1.165) is 19.3 Å². The van der Waals surface area contributed by atoms with Crippen LogP contribution in [0.3, 0.4) is 0 Å². The average molecular weight is 395 g/mol. The highest BCUT2D eigenvalue weighted by atomic mass is 32.2. The highest BCUT2D eigenvalue weighted by molar-refractivity contribution is 7.89. The van der Waals surface area contributed by atoms with Crippen LogP contribution in [0.4, 0.5) is 0 Å². The maximum absolute atomic E-state index is 12.9. The number of ether oxygens (including phenoxy) is 1. The third-order valence-corrected chi connectivity index (χ3v) is 7.26. The summed E-state index contributed by atoms with van der Waals surface area (Å²) in [4.78, 5) is 12.7. The Morgan fingerprint density at radius 3 is 2.30 bits per heavy atom. The molecule has 1 heterocycles. The van der Waals surface area contributed by atoms with Crippen molar-refractivity contribution in [3.05, 3.63) is 29.8 Å². The molecule has 1 saturated carbocycles. The van der Waals surface area contributed by atoms with Gasteiger partial charge in [-0.15, -0.1) is 0 Å². The summed E-state index contributed by atoms with van der Waals surface area (Å²) in [6.07, 6.45) is 4.11. The predicted octanol–water partition coefficient (Wildman–Crippen LogP) is 2.79. The zero-order valence-electron chi connectivity index (χ0n) is 16.3. The largest absolute Gasteiger partial charge is 0.373 e. The molecular weight excluding hydrogens is 364 g/mol. The zero-order chi connectivity index (χ0) is 19.6. The van der Waals surface area contributed by atoms with Gasteiger partial charge in [0.25, 0.3) is 5.91 Å².